The molecule has 1 aromatic heterocycles. The zero-order chi connectivity index (χ0) is 5.11. The lowest BCUT2D eigenvalue weighted by Crippen LogP contribution is -1.54. The van der Waals surface area contributed by atoms with Gasteiger partial charge in [0.25, 0.3) is 0 Å². The molecule has 0 unspecified atom stereocenters. The Hall–Kier alpha value is -1.23. The Labute approximate surface area is 42.5 Å². The van der Waals surface area contributed by atoms with Gasteiger partial charge < -0.3 is 4.42 Å². The molecule has 1 heterocycles. The molecule has 0 saturated carbocycles. The van der Waals surface area contributed by atoms with E-state index >= 15 is 0 Å². The van der Waals surface area contributed by atoms with Crippen LogP contribution in [-0.4, -0.2) is 0 Å². The molecule has 34 valence electrons. The highest BCUT2D eigenvalue weighted by atomic mass is 16.3. The largest absolute Gasteiger partial charge is 1.00 e. The van der Waals surface area contributed by atoms with Crippen molar-refractivity contribution in [1.82, 2.24) is 0 Å². The fourth-order valence-electron chi connectivity index (χ4n) is 0.328. The lowest BCUT2D eigenvalue weighted by molar-refractivity contribution is 0.566. The highest BCUT2D eigenvalue weighted by molar-refractivity contribution is 5.22. The van der Waals surface area contributed by atoms with E-state index in [2.05, 4.69) is 4.42 Å². The van der Waals surface area contributed by atoms with Gasteiger partial charge in [0.05, 0.1) is 11.8 Å². The van der Waals surface area contributed by atoms with Crippen molar-refractivity contribution in [3.8, 4) is 6.07 Å². The van der Waals surface area contributed by atoms with Crippen LogP contribution in [0.1, 0.15) is 6.99 Å². The quantitative estimate of drug-likeness (QED) is 0.485. The van der Waals surface area contributed by atoms with Gasteiger partial charge in [-0.2, -0.15) is 5.26 Å². The summed E-state index contributed by atoms with van der Waals surface area (Å²) in [5.74, 6) is 0. The van der Waals surface area contributed by atoms with Crippen molar-refractivity contribution in [3.63, 3.8) is 0 Å². The number of furan rings is 1. The molecule has 0 radical (unpaired) electrons. The van der Waals surface area contributed by atoms with Crippen LogP contribution < -0.4 is 0 Å². The molecule has 2 heteroatoms. The minimum absolute atomic E-state index is 0. The third-order valence-corrected chi connectivity index (χ3v) is 0.650. The monoisotopic (exact) mass is 94.0 g/mol. The van der Waals surface area contributed by atoms with Crippen LogP contribution >= 0.6 is 0 Å². The molecule has 0 aliphatic heterocycles. The first-order valence-corrected chi connectivity index (χ1v) is 1.86. The van der Waals surface area contributed by atoms with Gasteiger partial charge in [-0.1, -0.05) is 0 Å². The fraction of sp³-hybridized carbons (Fsp3) is 0. The predicted molar refractivity (Wildman–Crippen MR) is 24.5 cm³/mol. The summed E-state index contributed by atoms with van der Waals surface area (Å²) in [5, 5.41) is 8.12. The van der Waals surface area contributed by atoms with E-state index in [9.17, 15) is 0 Å². The lowest BCUT2D eigenvalue weighted by atomic mass is 10.4. The van der Waals surface area contributed by atoms with Crippen LogP contribution in [0, 0.1) is 11.3 Å². The Bertz CT molecular complexity index is 175. The van der Waals surface area contributed by atoms with Crippen molar-refractivity contribution in [1.29, 1.82) is 5.26 Å². The van der Waals surface area contributed by atoms with Crippen LogP contribution in [0.4, 0.5) is 0 Å². The average Bonchev–Trinajstić information content (AvgIpc) is 2.14. The molecule has 0 atom stereocenters. The van der Waals surface area contributed by atoms with Gasteiger partial charge in [0.15, 0.2) is 0 Å². The SMILES string of the molecule is N#Cc1ccoc1.[H+]. The molecule has 0 bridgehead atoms. The fourth-order valence-corrected chi connectivity index (χ4v) is 0.328. The summed E-state index contributed by atoms with van der Waals surface area (Å²) in [6.45, 7) is 0. The number of hydrogen-bond acceptors (Lipinski definition) is 2. The number of hydrogen-bond donors (Lipinski definition) is 0. The van der Waals surface area contributed by atoms with Crippen LogP contribution in [0.5, 0.6) is 0 Å². The molecule has 0 amide bonds. The molecule has 0 aliphatic rings. The second-order valence-electron chi connectivity index (χ2n) is 1.12. The summed E-state index contributed by atoms with van der Waals surface area (Å²) < 4.78 is 4.58. The van der Waals surface area contributed by atoms with Gasteiger partial charge in [0.2, 0.25) is 0 Å². The summed E-state index contributed by atoms with van der Waals surface area (Å²) in [4.78, 5) is 0. The molecule has 1 rings (SSSR count). The third-order valence-electron chi connectivity index (χ3n) is 0.650. The summed E-state index contributed by atoms with van der Waals surface area (Å²) in [5.41, 5.74) is 0.569. The molecule has 0 aliphatic carbocycles. The number of nitriles is 1. The van der Waals surface area contributed by atoms with Gasteiger partial charge in [0.1, 0.15) is 12.3 Å². The van der Waals surface area contributed by atoms with E-state index in [1.807, 2.05) is 6.07 Å². The topological polar surface area (TPSA) is 36.9 Å². The smallest absolute Gasteiger partial charge is 0.471 e. The lowest BCUT2D eigenvalue weighted by Gasteiger charge is -1.60. The Morgan fingerprint density at radius 3 is 3.00 bits per heavy atom. The van der Waals surface area contributed by atoms with E-state index in [-0.39, 0.29) is 1.43 Å². The Morgan fingerprint density at radius 2 is 2.71 bits per heavy atom. The van der Waals surface area contributed by atoms with Crippen LogP contribution in [0.15, 0.2) is 23.0 Å². The second kappa shape index (κ2) is 1.48. The molecular weight excluding hydrogens is 90.1 g/mol. The number of rotatable bonds is 0. The molecule has 2 nitrogen and oxygen atoms in total. The van der Waals surface area contributed by atoms with Crippen molar-refractivity contribution in [2.45, 2.75) is 0 Å². The first kappa shape index (κ1) is 3.94. The molecular formula is C5H4NO+. The Morgan fingerprint density at radius 1 is 1.86 bits per heavy atom. The van der Waals surface area contributed by atoms with E-state index in [1.165, 1.54) is 12.5 Å². The molecule has 0 N–H and O–H groups in total. The normalized spacial score (nSPS) is 7.86. The van der Waals surface area contributed by atoms with Gasteiger partial charge >= 0.3 is 1.43 Å². The first-order chi connectivity index (χ1) is 3.43. The first-order valence-electron chi connectivity index (χ1n) is 1.86. The maximum absolute atomic E-state index is 8.12. The predicted octanol–water partition coefficient (Wildman–Crippen LogP) is 1.26. The molecule has 1 aromatic rings. The molecule has 7 heavy (non-hydrogen) atoms. The van der Waals surface area contributed by atoms with Gasteiger partial charge in [-0.25, -0.2) is 0 Å². The standard InChI is InChI=1S/C5H3NO/c6-3-5-1-2-7-4-5/h1-2,4H/p+1. The van der Waals surface area contributed by atoms with Crippen molar-refractivity contribution in [2.75, 3.05) is 0 Å². The molecule has 0 spiro atoms. The zero-order valence-electron chi connectivity index (χ0n) is 4.59. The van der Waals surface area contributed by atoms with E-state index in [0.717, 1.165) is 0 Å². The minimum atomic E-state index is 0. The Kier molecular flexibility index (Phi) is 0.833. The van der Waals surface area contributed by atoms with E-state index in [0.29, 0.717) is 5.56 Å². The van der Waals surface area contributed by atoms with Crippen LogP contribution in [0.2, 0.25) is 0 Å². The van der Waals surface area contributed by atoms with Crippen LogP contribution in [-0.2, 0) is 0 Å². The van der Waals surface area contributed by atoms with Gasteiger partial charge in [0, 0.05) is 0 Å². The van der Waals surface area contributed by atoms with Gasteiger partial charge in [-0.3, -0.25) is 0 Å². The number of nitrogens with zero attached hydrogens (tertiary/aromatic N) is 1. The van der Waals surface area contributed by atoms with Crippen molar-refractivity contribution in [2.24, 2.45) is 0 Å². The van der Waals surface area contributed by atoms with Gasteiger partial charge in [-0.05, 0) is 6.07 Å². The maximum atomic E-state index is 8.12. The van der Waals surface area contributed by atoms with E-state index in [1.54, 1.807) is 6.07 Å². The van der Waals surface area contributed by atoms with E-state index < -0.39 is 0 Å². The second-order valence-corrected chi connectivity index (χ2v) is 1.12. The average molecular weight is 94.1 g/mol. The molecule has 0 fully saturated rings. The van der Waals surface area contributed by atoms with Crippen molar-refractivity contribution >= 4 is 0 Å². The molecule has 0 aromatic carbocycles. The summed E-state index contributed by atoms with van der Waals surface area (Å²) in [7, 11) is 0. The van der Waals surface area contributed by atoms with Crippen molar-refractivity contribution in [3.05, 3.63) is 24.2 Å². The Balaban J connectivity index is 0.000000490. The van der Waals surface area contributed by atoms with Crippen LogP contribution in [0.3, 0.4) is 0 Å². The summed E-state index contributed by atoms with van der Waals surface area (Å²) >= 11 is 0. The summed E-state index contributed by atoms with van der Waals surface area (Å²) in [6, 6.07) is 3.52. The third kappa shape index (κ3) is 0.606. The maximum Gasteiger partial charge on any atom is 1.00 e. The van der Waals surface area contributed by atoms with E-state index in [4.69, 9.17) is 5.26 Å². The summed E-state index contributed by atoms with van der Waals surface area (Å²) in [6.07, 6.45) is 2.87. The highest BCUT2D eigenvalue weighted by Gasteiger charge is 1.83. The zero-order valence-corrected chi connectivity index (χ0v) is 3.59. The highest BCUT2D eigenvalue weighted by Crippen LogP contribution is 1.94. The van der Waals surface area contributed by atoms with Gasteiger partial charge in [-0.15, -0.1) is 0 Å². The minimum Gasteiger partial charge on any atom is -0.471 e. The van der Waals surface area contributed by atoms with Crippen LogP contribution in [0.25, 0.3) is 0 Å². The van der Waals surface area contributed by atoms with Crippen molar-refractivity contribution < 1.29 is 5.84 Å². The molecule has 0 saturated heterocycles.